The van der Waals surface area contributed by atoms with E-state index < -0.39 is 11.9 Å². The number of carbonyl (C=O) groups is 1. The lowest BCUT2D eigenvalue weighted by atomic mass is 10.1. The predicted molar refractivity (Wildman–Crippen MR) is 119 cm³/mol. The Balaban J connectivity index is 1.39. The van der Waals surface area contributed by atoms with Crippen LogP contribution in [0.4, 0.5) is 19.0 Å². The molecule has 1 amide bonds. The first-order valence-electron chi connectivity index (χ1n) is 11.2. The summed E-state index contributed by atoms with van der Waals surface area (Å²) in [5.41, 5.74) is 8.75. The minimum Gasteiger partial charge on any atom is -0.382 e. The number of nitrogens with two attached hydrogens (primary N) is 1. The maximum atomic E-state index is 13.8. The van der Waals surface area contributed by atoms with E-state index in [0.717, 1.165) is 18.9 Å². The van der Waals surface area contributed by atoms with E-state index in [1.807, 2.05) is 4.90 Å². The van der Waals surface area contributed by atoms with Crippen molar-refractivity contribution >= 4 is 28.3 Å². The number of halogens is 3. The molecule has 2 N–H and O–H groups in total. The summed E-state index contributed by atoms with van der Waals surface area (Å²) in [6.45, 7) is 0.572. The molecule has 0 spiro atoms. The highest BCUT2D eigenvalue weighted by atomic mass is 19.4. The van der Waals surface area contributed by atoms with E-state index in [1.165, 1.54) is 6.07 Å². The van der Waals surface area contributed by atoms with Crippen LogP contribution in [-0.4, -0.2) is 36.7 Å². The zero-order chi connectivity index (χ0) is 23.6. The van der Waals surface area contributed by atoms with Crippen LogP contribution in [0, 0.1) is 5.92 Å². The number of nitrogen functional groups attached to an aromatic ring is 1. The number of anilines is 1. The van der Waals surface area contributed by atoms with Crippen molar-refractivity contribution in [3.63, 3.8) is 0 Å². The molecule has 0 bridgehead atoms. The number of rotatable bonds is 4. The third-order valence-electron chi connectivity index (χ3n) is 6.73. The van der Waals surface area contributed by atoms with Crippen LogP contribution >= 0.6 is 0 Å². The lowest BCUT2D eigenvalue weighted by molar-refractivity contribution is -0.141. The molecule has 34 heavy (non-hydrogen) atoms. The van der Waals surface area contributed by atoms with Crippen LogP contribution in [0.1, 0.15) is 52.6 Å². The number of benzene rings is 1. The van der Waals surface area contributed by atoms with Crippen molar-refractivity contribution in [2.45, 2.75) is 37.9 Å². The van der Waals surface area contributed by atoms with Crippen molar-refractivity contribution in [3.05, 3.63) is 65.4 Å². The van der Waals surface area contributed by atoms with Gasteiger partial charge in [-0.25, -0.2) is 15.0 Å². The summed E-state index contributed by atoms with van der Waals surface area (Å²) in [4.78, 5) is 28.0. The van der Waals surface area contributed by atoms with E-state index in [2.05, 4.69) is 15.0 Å². The smallest absolute Gasteiger partial charge is 0.382 e. The molecule has 4 aromatic rings. The molecule has 6 rings (SSSR count). The first-order valence-corrected chi connectivity index (χ1v) is 11.2. The molecule has 174 valence electrons. The summed E-state index contributed by atoms with van der Waals surface area (Å²) >= 11 is 0. The molecule has 1 fully saturated rings. The van der Waals surface area contributed by atoms with Gasteiger partial charge in [-0.3, -0.25) is 9.20 Å². The van der Waals surface area contributed by atoms with Crippen molar-refractivity contribution in [3.8, 4) is 0 Å². The summed E-state index contributed by atoms with van der Waals surface area (Å²) in [7, 11) is 0. The largest absolute Gasteiger partial charge is 0.433 e. The molecule has 7 nitrogen and oxygen atoms in total. The molecule has 0 radical (unpaired) electrons. The fraction of sp³-hybridized carbons (Fsp3) is 0.333. The number of aromatic nitrogens is 4. The van der Waals surface area contributed by atoms with E-state index in [1.54, 1.807) is 35.1 Å². The van der Waals surface area contributed by atoms with Gasteiger partial charge in [0.05, 0.1) is 29.6 Å². The molecular weight excluding hydrogens is 445 g/mol. The molecule has 0 aliphatic heterocycles. The Kier molecular flexibility index (Phi) is 4.55. The molecule has 1 saturated carbocycles. The van der Waals surface area contributed by atoms with Crippen LogP contribution in [0.5, 0.6) is 0 Å². The normalized spacial score (nSPS) is 17.9. The van der Waals surface area contributed by atoms with Gasteiger partial charge in [-0.2, -0.15) is 13.2 Å². The van der Waals surface area contributed by atoms with Gasteiger partial charge in [-0.15, -0.1) is 0 Å². The predicted octanol–water partition coefficient (Wildman–Crippen LogP) is 4.42. The molecule has 2 aliphatic carbocycles. The number of imidazole rings is 1. The van der Waals surface area contributed by atoms with Crippen molar-refractivity contribution < 1.29 is 18.0 Å². The number of nitrogens with zero attached hydrogens (tertiary/aromatic N) is 5. The highest BCUT2D eigenvalue weighted by Gasteiger charge is 2.39. The van der Waals surface area contributed by atoms with E-state index >= 15 is 0 Å². The van der Waals surface area contributed by atoms with E-state index in [0.29, 0.717) is 64.5 Å². The molecular formula is C24H21F3N6O. The second-order valence-electron chi connectivity index (χ2n) is 9.03. The van der Waals surface area contributed by atoms with Crippen LogP contribution in [0.2, 0.25) is 0 Å². The third-order valence-corrected chi connectivity index (χ3v) is 6.73. The zero-order valence-electron chi connectivity index (χ0n) is 18.1. The SMILES string of the molecule is Nc1nc2ccc(C(=O)N(CC3CC3)[C@@H]3CCc4nc(C(F)(F)F)ccc43)cc2n2cncc12. The summed E-state index contributed by atoms with van der Waals surface area (Å²) in [6.07, 6.45) is 1.82. The average Bonchev–Trinajstić information content (AvgIpc) is 3.31. The molecule has 1 atom stereocenters. The van der Waals surface area contributed by atoms with Gasteiger partial charge in [0.1, 0.15) is 17.0 Å². The number of amides is 1. The number of fused-ring (bicyclic) bond motifs is 4. The minimum atomic E-state index is -4.49. The fourth-order valence-electron chi connectivity index (χ4n) is 4.83. The van der Waals surface area contributed by atoms with Crippen LogP contribution in [0.3, 0.4) is 0 Å². The molecule has 0 unspecified atom stereocenters. The first-order chi connectivity index (χ1) is 16.3. The number of hydrogen-bond acceptors (Lipinski definition) is 5. The Labute approximate surface area is 192 Å². The second kappa shape index (κ2) is 7.41. The van der Waals surface area contributed by atoms with Gasteiger partial charge in [0.15, 0.2) is 0 Å². The van der Waals surface area contributed by atoms with Crippen LogP contribution < -0.4 is 5.73 Å². The minimum absolute atomic E-state index is 0.156. The van der Waals surface area contributed by atoms with Gasteiger partial charge in [-0.1, -0.05) is 6.07 Å². The van der Waals surface area contributed by atoms with Gasteiger partial charge < -0.3 is 10.6 Å². The van der Waals surface area contributed by atoms with Gasteiger partial charge in [0.2, 0.25) is 0 Å². The lowest BCUT2D eigenvalue weighted by Crippen LogP contribution is -2.36. The van der Waals surface area contributed by atoms with Crippen molar-refractivity contribution in [1.82, 2.24) is 24.3 Å². The number of alkyl halides is 3. The van der Waals surface area contributed by atoms with Crippen molar-refractivity contribution in [2.24, 2.45) is 5.92 Å². The third kappa shape index (κ3) is 3.44. The molecule has 2 aliphatic rings. The fourth-order valence-corrected chi connectivity index (χ4v) is 4.83. The number of aryl methyl sites for hydroxylation is 1. The second-order valence-corrected chi connectivity index (χ2v) is 9.03. The summed E-state index contributed by atoms with van der Waals surface area (Å²) < 4.78 is 41.2. The Morgan fingerprint density at radius 1 is 1.12 bits per heavy atom. The highest BCUT2D eigenvalue weighted by molar-refractivity contribution is 5.98. The van der Waals surface area contributed by atoms with Crippen molar-refractivity contribution in [1.29, 1.82) is 0 Å². The molecule has 3 aromatic heterocycles. The molecule has 3 heterocycles. The Bertz CT molecular complexity index is 1440. The standard InChI is InChI=1S/C24H21F3N6O/c25-24(26,27)21-8-4-15-16(30-21)6-7-18(15)32(11-13-1-2-13)23(34)14-3-5-17-19(9-14)33-12-29-10-20(33)22(28)31-17/h3-5,8-10,12-13,18H,1-2,6-7,11H2,(H2,28,31)/t18-/m1/s1. The summed E-state index contributed by atoms with van der Waals surface area (Å²) in [5, 5.41) is 0. The van der Waals surface area contributed by atoms with Crippen LogP contribution in [-0.2, 0) is 12.6 Å². The quantitative estimate of drug-likeness (QED) is 0.481. The van der Waals surface area contributed by atoms with E-state index in [4.69, 9.17) is 5.73 Å². The Hall–Kier alpha value is -3.69. The topological polar surface area (TPSA) is 89.4 Å². The maximum absolute atomic E-state index is 13.8. The van der Waals surface area contributed by atoms with E-state index in [9.17, 15) is 18.0 Å². The molecule has 1 aromatic carbocycles. The summed E-state index contributed by atoms with van der Waals surface area (Å²) in [5.74, 6) is 0.613. The number of hydrogen-bond donors (Lipinski definition) is 1. The monoisotopic (exact) mass is 466 g/mol. The highest BCUT2D eigenvalue weighted by Crippen LogP contribution is 2.41. The zero-order valence-corrected chi connectivity index (χ0v) is 18.1. The average molecular weight is 466 g/mol. The Morgan fingerprint density at radius 3 is 2.71 bits per heavy atom. The molecule has 0 saturated heterocycles. The van der Waals surface area contributed by atoms with Crippen molar-refractivity contribution in [2.75, 3.05) is 12.3 Å². The van der Waals surface area contributed by atoms with Gasteiger partial charge >= 0.3 is 6.18 Å². The van der Waals surface area contributed by atoms with Gasteiger partial charge in [0, 0.05) is 17.8 Å². The summed E-state index contributed by atoms with van der Waals surface area (Å²) in [6, 6.07) is 7.45. The van der Waals surface area contributed by atoms with E-state index in [-0.39, 0.29) is 11.9 Å². The lowest BCUT2D eigenvalue weighted by Gasteiger charge is -2.30. The Morgan fingerprint density at radius 2 is 1.94 bits per heavy atom. The maximum Gasteiger partial charge on any atom is 0.433 e. The van der Waals surface area contributed by atoms with Gasteiger partial charge in [-0.05, 0) is 61.4 Å². The number of carbonyl (C=O) groups excluding carboxylic acids is 1. The van der Waals surface area contributed by atoms with Crippen LogP contribution in [0.25, 0.3) is 16.6 Å². The molecule has 10 heteroatoms. The number of pyridine rings is 1. The first kappa shape index (κ1) is 20.9. The van der Waals surface area contributed by atoms with Crippen LogP contribution in [0.15, 0.2) is 42.9 Å². The van der Waals surface area contributed by atoms with Gasteiger partial charge in [0.25, 0.3) is 5.91 Å².